The van der Waals surface area contributed by atoms with Gasteiger partial charge in [0.1, 0.15) is 11.5 Å². The van der Waals surface area contributed by atoms with E-state index < -0.39 is 0 Å². The zero-order valence-electron chi connectivity index (χ0n) is 14.0. The molecule has 2 amide bonds. The summed E-state index contributed by atoms with van der Waals surface area (Å²) in [6, 6.07) is 7.84. The second-order valence-electron chi connectivity index (χ2n) is 5.74. The Morgan fingerprint density at radius 2 is 2.21 bits per heavy atom. The predicted octanol–water partition coefficient (Wildman–Crippen LogP) is 3.81. The summed E-state index contributed by atoms with van der Waals surface area (Å²) in [5.41, 5.74) is 2.13. The number of benzene rings is 1. The summed E-state index contributed by atoms with van der Waals surface area (Å²) in [6.45, 7) is 1.20. The molecule has 128 valence electrons. The lowest BCUT2D eigenvalue weighted by molar-refractivity contribution is 0.192. The van der Waals surface area contributed by atoms with Gasteiger partial charge in [-0.05, 0) is 53.4 Å². The molecule has 2 heterocycles. The van der Waals surface area contributed by atoms with Gasteiger partial charge in [0, 0.05) is 18.7 Å². The lowest BCUT2D eigenvalue weighted by Crippen LogP contribution is -2.39. The average Bonchev–Trinajstić information content (AvgIpc) is 3.29. The molecule has 1 aliphatic rings. The molecular weight excluding hydrogens is 324 g/mol. The summed E-state index contributed by atoms with van der Waals surface area (Å²) < 4.78 is 10.6. The highest BCUT2D eigenvalue weighted by Crippen LogP contribution is 2.33. The van der Waals surface area contributed by atoms with Crippen LogP contribution in [0.15, 0.2) is 35.0 Å². The number of amides is 2. The number of ether oxygens (including phenoxy) is 2. The Kier molecular flexibility index (Phi) is 5.25. The minimum atomic E-state index is -0.0337. The van der Waals surface area contributed by atoms with E-state index in [-0.39, 0.29) is 12.1 Å². The molecular formula is C18H22N2O3S. The Morgan fingerprint density at radius 3 is 2.92 bits per heavy atom. The van der Waals surface area contributed by atoms with Gasteiger partial charge in [0.2, 0.25) is 0 Å². The van der Waals surface area contributed by atoms with Crippen molar-refractivity contribution >= 4 is 17.4 Å². The fraction of sp³-hybridized carbons (Fsp3) is 0.389. The van der Waals surface area contributed by atoms with E-state index in [9.17, 15) is 4.79 Å². The standard InChI is InChI=1S/C18H22N2O3S/c1-22-15-5-6-17(23-2)14(10-15)11-19-18(21)20-8-3-4-16(20)13-7-9-24-12-13/h5-7,9-10,12,16H,3-4,8,11H2,1-2H3,(H,19,21)/t16-/m0/s1. The molecule has 0 radical (unpaired) electrons. The number of urea groups is 1. The van der Waals surface area contributed by atoms with Gasteiger partial charge in [-0.15, -0.1) is 0 Å². The lowest BCUT2D eigenvalue weighted by Gasteiger charge is -2.24. The van der Waals surface area contributed by atoms with Crippen molar-refractivity contribution in [3.63, 3.8) is 0 Å². The molecule has 1 saturated heterocycles. The molecule has 5 nitrogen and oxygen atoms in total. The predicted molar refractivity (Wildman–Crippen MR) is 94.8 cm³/mol. The molecule has 24 heavy (non-hydrogen) atoms. The molecule has 6 heteroatoms. The highest BCUT2D eigenvalue weighted by Gasteiger charge is 2.30. The van der Waals surface area contributed by atoms with Crippen LogP contribution in [0.3, 0.4) is 0 Å². The first-order valence-corrected chi connectivity index (χ1v) is 8.94. The Bertz CT molecular complexity index is 688. The Balaban J connectivity index is 1.67. The van der Waals surface area contributed by atoms with Crippen LogP contribution in [0.2, 0.25) is 0 Å². The first kappa shape index (κ1) is 16.6. The number of methoxy groups -OCH3 is 2. The fourth-order valence-electron chi connectivity index (χ4n) is 3.11. The minimum absolute atomic E-state index is 0.0337. The smallest absolute Gasteiger partial charge is 0.318 e. The summed E-state index contributed by atoms with van der Waals surface area (Å²) in [7, 11) is 3.25. The highest BCUT2D eigenvalue weighted by atomic mass is 32.1. The summed E-state index contributed by atoms with van der Waals surface area (Å²) in [4.78, 5) is 14.5. The second kappa shape index (κ2) is 7.57. The van der Waals surface area contributed by atoms with Crippen molar-refractivity contribution in [1.29, 1.82) is 0 Å². The first-order valence-electron chi connectivity index (χ1n) is 8.00. The van der Waals surface area contributed by atoms with Gasteiger partial charge >= 0.3 is 6.03 Å². The van der Waals surface area contributed by atoms with Gasteiger partial charge in [-0.25, -0.2) is 4.79 Å². The van der Waals surface area contributed by atoms with Crippen molar-refractivity contribution < 1.29 is 14.3 Å². The van der Waals surface area contributed by atoms with E-state index in [1.807, 2.05) is 23.1 Å². The average molecular weight is 346 g/mol. The molecule has 1 aromatic heterocycles. The maximum atomic E-state index is 12.6. The van der Waals surface area contributed by atoms with Crippen LogP contribution in [-0.4, -0.2) is 31.7 Å². The summed E-state index contributed by atoms with van der Waals surface area (Å²) in [5.74, 6) is 1.49. The van der Waals surface area contributed by atoms with Gasteiger partial charge in [0.25, 0.3) is 0 Å². The van der Waals surface area contributed by atoms with E-state index in [4.69, 9.17) is 9.47 Å². The van der Waals surface area contributed by atoms with Crippen molar-refractivity contribution in [3.8, 4) is 11.5 Å². The van der Waals surface area contributed by atoms with E-state index in [1.165, 1.54) is 5.56 Å². The molecule has 3 rings (SSSR count). The van der Waals surface area contributed by atoms with Gasteiger partial charge in [0.05, 0.1) is 20.3 Å². The molecule has 2 aromatic rings. The van der Waals surface area contributed by atoms with Crippen molar-refractivity contribution in [3.05, 3.63) is 46.2 Å². The topological polar surface area (TPSA) is 50.8 Å². The van der Waals surface area contributed by atoms with Crippen molar-refractivity contribution in [2.45, 2.75) is 25.4 Å². The van der Waals surface area contributed by atoms with Crippen molar-refractivity contribution in [2.75, 3.05) is 20.8 Å². The number of hydrogen-bond acceptors (Lipinski definition) is 4. The zero-order valence-corrected chi connectivity index (χ0v) is 14.8. The number of hydrogen-bond donors (Lipinski definition) is 1. The SMILES string of the molecule is COc1ccc(OC)c(CNC(=O)N2CCC[C@H]2c2ccsc2)c1. The number of carbonyl (C=O) groups is 1. The minimum Gasteiger partial charge on any atom is -0.497 e. The first-order chi connectivity index (χ1) is 11.7. The number of carbonyl (C=O) groups excluding carboxylic acids is 1. The molecule has 1 fully saturated rings. The molecule has 0 aliphatic carbocycles. The monoisotopic (exact) mass is 346 g/mol. The van der Waals surface area contributed by atoms with Crippen molar-refractivity contribution in [2.24, 2.45) is 0 Å². The van der Waals surface area contributed by atoms with Crippen LogP contribution < -0.4 is 14.8 Å². The van der Waals surface area contributed by atoms with Gasteiger partial charge in [-0.1, -0.05) is 0 Å². The third kappa shape index (κ3) is 3.48. The number of likely N-dealkylation sites (tertiary alicyclic amines) is 1. The quantitative estimate of drug-likeness (QED) is 0.895. The van der Waals surface area contributed by atoms with Crippen LogP contribution in [0.1, 0.15) is 30.0 Å². The second-order valence-corrected chi connectivity index (χ2v) is 6.52. The van der Waals surface area contributed by atoms with E-state index in [1.54, 1.807) is 25.6 Å². The van der Waals surface area contributed by atoms with Crippen LogP contribution in [0.25, 0.3) is 0 Å². The van der Waals surface area contributed by atoms with E-state index in [0.717, 1.165) is 36.4 Å². The maximum Gasteiger partial charge on any atom is 0.318 e. The van der Waals surface area contributed by atoms with Crippen molar-refractivity contribution in [1.82, 2.24) is 10.2 Å². The van der Waals surface area contributed by atoms with Crippen LogP contribution >= 0.6 is 11.3 Å². The Labute approximate surface area is 146 Å². The summed E-state index contributed by atoms with van der Waals surface area (Å²) >= 11 is 1.67. The molecule has 0 saturated carbocycles. The normalized spacial score (nSPS) is 16.9. The third-order valence-corrected chi connectivity index (χ3v) is 5.06. The third-order valence-electron chi connectivity index (χ3n) is 4.36. The van der Waals surface area contributed by atoms with E-state index in [0.29, 0.717) is 6.54 Å². The number of thiophene rings is 1. The fourth-order valence-corrected chi connectivity index (χ4v) is 3.82. The summed E-state index contributed by atoms with van der Waals surface area (Å²) in [5, 5.41) is 7.20. The highest BCUT2D eigenvalue weighted by molar-refractivity contribution is 7.07. The number of rotatable bonds is 5. The van der Waals surface area contributed by atoms with Gasteiger partial charge < -0.3 is 19.7 Å². The van der Waals surface area contributed by atoms with Crippen LogP contribution in [0.5, 0.6) is 11.5 Å². The number of nitrogens with one attached hydrogen (secondary N) is 1. The van der Waals surface area contributed by atoms with E-state index >= 15 is 0 Å². The molecule has 1 aromatic carbocycles. The summed E-state index contributed by atoms with van der Waals surface area (Å²) in [6.07, 6.45) is 2.06. The van der Waals surface area contributed by atoms with Crippen LogP contribution in [-0.2, 0) is 6.54 Å². The molecule has 1 atom stereocenters. The lowest BCUT2D eigenvalue weighted by atomic mass is 10.1. The Hall–Kier alpha value is -2.21. The van der Waals surface area contributed by atoms with Crippen LogP contribution in [0.4, 0.5) is 4.79 Å². The largest absolute Gasteiger partial charge is 0.497 e. The molecule has 0 bridgehead atoms. The molecule has 1 aliphatic heterocycles. The Morgan fingerprint density at radius 1 is 1.33 bits per heavy atom. The van der Waals surface area contributed by atoms with Gasteiger partial charge in [0.15, 0.2) is 0 Å². The van der Waals surface area contributed by atoms with E-state index in [2.05, 4.69) is 22.1 Å². The van der Waals surface area contributed by atoms with Gasteiger partial charge in [-0.3, -0.25) is 0 Å². The molecule has 0 unspecified atom stereocenters. The maximum absolute atomic E-state index is 12.6. The molecule has 1 N–H and O–H groups in total. The van der Waals surface area contributed by atoms with Crippen LogP contribution in [0, 0.1) is 0 Å². The molecule has 0 spiro atoms. The van der Waals surface area contributed by atoms with Gasteiger partial charge in [-0.2, -0.15) is 11.3 Å². The zero-order chi connectivity index (χ0) is 16.9. The number of nitrogens with zero attached hydrogens (tertiary/aromatic N) is 1.